The fourth-order valence-corrected chi connectivity index (χ4v) is 0.807. The van der Waals surface area contributed by atoms with Gasteiger partial charge in [-0.15, -0.1) is 5.92 Å². The number of rotatable bonds is 0. The van der Waals surface area contributed by atoms with Gasteiger partial charge in [0, 0.05) is 6.20 Å². The highest BCUT2D eigenvalue weighted by atomic mass is 35.5. The quantitative estimate of drug-likeness (QED) is 0.410. The standard InChI is InChI=1S/C7H7ClN2/c1-2-3-6-4-5-9-7(8)10-6/h4-6H,1H3,(H,9,10). The number of hydrogen-bond donors (Lipinski definition) is 1. The van der Waals surface area contributed by atoms with E-state index in [2.05, 4.69) is 22.2 Å². The maximum atomic E-state index is 5.57. The lowest BCUT2D eigenvalue weighted by Gasteiger charge is -2.06. The molecular weight excluding hydrogens is 148 g/mol. The zero-order valence-corrected chi connectivity index (χ0v) is 6.31. The zero-order chi connectivity index (χ0) is 7.40. The van der Waals surface area contributed by atoms with Crippen molar-refractivity contribution in [1.82, 2.24) is 5.32 Å². The topological polar surface area (TPSA) is 24.4 Å². The number of nitrogens with zero attached hydrogens (tertiary/aromatic N) is 1. The van der Waals surface area contributed by atoms with Crippen LogP contribution in [-0.4, -0.2) is 11.3 Å². The summed E-state index contributed by atoms with van der Waals surface area (Å²) < 4.78 is 0. The van der Waals surface area contributed by atoms with E-state index in [1.165, 1.54) is 0 Å². The summed E-state index contributed by atoms with van der Waals surface area (Å²) in [6.07, 6.45) is 3.59. The Bertz CT molecular complexity index is 232. The van der Waals surface area contributed by atoms with E-state index in [-0.39, 0.29) is 6.04 Å². The molecule has 3 heteroatoms. The van der Waals surface area contributed by atoms with Crippen LogP contribution in [-0.2, 0) is 0 Å². The average molecular weight is 155 g/mol. The summed E-state index contributed by atoms with van der Waals surface area (Å²) in [5, 5.41) is 3.14. The van der Waals surface area contributed by atoms with Crippen molar-refractivity contribution in [1.29, 1.82) is 0 Å². The van der Waals surface area contributed by atoms with Gasteiger partial charge in [-0.05, 0) is 24.6 Å². The van der Waals surface area contributed by atoms with E-state index in [0.29, 0.717) is 5.29 Å². The first-order chi connectivity index (χ1) is 4.83. The van der Waals surface area contributed by atoms with E-state index in [0.717, 1.165) is 0 Å². The Morgan fingerprint density at radius 3 is 3.20 bits per heavy atom. The molecule has 0 radical (unpaired) electrons. The molecule has 0 saturated heterocycles. The van der Waals surface area contributed by atoms with Crippen LogP contribution in [0.2, 0.25) is 0 Å². The van der Waals surface area contributed by atoms with Crippen LogP contribution in [0.4, 0.5) is 0 Å². The van der Waals surface area contributed by atoms with Crippen molar-refractivity contribution in [3.05, 3.63) is 12.3 Å². The normalized spacial score (nSPS) is 22.2. The van der Waals surface area contributed by atoms with Gasteiger partial charge in [0.2, 0.25) is 0 Å². The first-order valence-electron chi connectivity index (χ1n) is 2.91. The Kier molecular flexibility index (Phi) is 2.35. The molecule has 1 aliphatic rings. The van der Waals surface area contributed by atoms with Gasteiger partial charge in [-0.25, -0.2) is 4.99 Å². The van der Waals surface area contributed by atoms with Crippen molar-refractivity contribution in [3.63, 3.8) is 0 Å². The first kappa shape index (κ1) is 7.17. The molecule has 1 aliphatic heterocycles. The minimum absolute atomic E-state index is 0.0706. The van der Waals surface area contributed by atoms with Crippen LogP contribution in [0.15, 0.2) is 17.3 Å². The summed E-state index contributed by atoms with van der Waals surface area (Å²) in [5.41, 5.74) is 0. The van der Waals surface area contributed by atoms with Crippen molar-refractivity contribution in [2.24, 2.45) is 4.99 Å². The molecule has 0 aromatic heterocycles. The lowest BCUT2D eigenvalue weighted by atomic mass is 10.3. The fourth-order valence-electron chi connectivity index (χ4n) is 0.639. The molecular formula is C7H7ClN2. The monoisotopic (exact) mass is 154 g/mol. The number of amidine groups is 1. The molecule has 0 aromatic rings. The van der Waals surface area contributed by atoms with Gasteiger partial charge in [0.05, 0.1) is 0 Å². The third kappa shape index (κ3) is 1.78. The second kappa shape index (κ2) is 3.28. The fraction of sp³-hybridized carbons (Fsp3) is 0.286. The van der Waals surface area contributed by atoms with E-state index in [1.54, 1.807) is 13.1 Å². The summed E-state index contributed by atoms with van der Waals surface area (Å²) >= 11 is 5.57. The molecule has 0 aromatic carbocycles. The van der Waals surface area contributed by atoms with Gasteiger partial charge >= 0.3 is 0 Å². The van der Waals surface area contributed by atoms with Gasteiger partial charge < -0.3 is 5.32 Å². The lowest BCUT2D eigenvalue weighted by Crippen LogP contribution is -2.18. The third-order valence-corrected chi connectivity index (χ3v) is 1.23. The van der Waals surface area contributed by atoms with Gasteiger partial charge in [-0.1, -0.05) is 5.92 Å². The van der Waals surface area contributed by atoms with Crippen LogP contribution in [0.3, 0.4) is 0 Å². The van der Waals surface area contributed by atoms with Crippen molar-refractivity contribution < 1.29 is 0 Å². The van der Waals surface area contributed by atoms with E-state index in [4.69, 9.17) is 11.6 Å². The first-order valence-corrected chi connectivity index (χ1v) is 3.29. The molecule has 0 saturated carbocycles. The predicted octanol–water partition coefficient (Wildman–Crippen LogP) is 1.09. The second-order valence-corrected chi connectivity index (χ2v) is 2.12. The maximum absolute atomic E-state index is 5.57. The highest BCUT2D eigenvalue weighted by Crippen LogP contribution is 1.98. The average Bonchev–Trinajstić information content (AvgIpc) is 1.88. The molecule has 10 heavy (non-hydrogen) atoms. The third-order valence-electron chi connectivity index (χ3n) is 1.03. The smallest absolute Gasteiger partial charge is 0.196 e. The molecule has 1 N–H and O–H groups in total. The summed E-state index contributed by atoms with van der Waals surface area (Å²) in [6.45, 7) is 1.78. The SMILES string of the molecule is CC#CC1C=CNC(Cl)=N1. The molecule has 0 amide bonds. The van der Waals surface area contributed by atoms with E-state index >= 15 is 0 Å². The summed E-state index contributed by atoms with van der Waals surface area (Å²) in [5.74, 6) is 5.63. The largest absolute Gasteiger partial charge is 0.337 e. The van der Waals surface area contributed by atoms with Crippen LogP contribution in [0.25, 0.3) is 0 Å². The van der Waals surface area contributed by atoms with Crippen molar-refractivity contribution in [2.45, 2.75) is 13.0 Å². The number of halogens is 1. The number of aliphatic imine (C=N–C) groups is 1. The molecule has 0 bridgehead atoms. The van der Waals surface area contributed by atoms with E-state index in [1.807, 2.05) is 6.08 Å². The Balaban J connectivity index is 2.67. The lowest BCUT2D eigenvalue weighted by molar-refractivity contribution is 1.00. The molecule has 52 valence electrons. The molecule has 1 atom stereocenters. The Morgan fingerprint density at radius 2 is 2.60 bits per heavy atom. The highest BCUT2D eigenvalue weighted by molar-refractivity contribution is 6.64. The molecule has 2 nitrogen and oxygen atoms in total. The molecule has 1 unspecified atom stereocenters. The van der Waals surface area contributed by atoms with Gasteiger partial charge in [-0.2, -0.15) is 0 Å². The molecule has 1 heterocycles. The van der Waals surface area contributed by atoms with Gasteiger partial charge in [-0.3, -0.25) is 0 Å². The summed E-state index contributed by atoms with van der Waals surface area (Å²) in [7, 11) is 0. The van der Waals surface area contributed by atoms with Crippen LogP contribution in [0.5, 0.6) is 0 Å². The van der Waals surface area contributed by atoms with E-state index < -0.39 is 0 Å². The van der Waals surface area contributed by atoms with Crippen molar-refractivity contribution >= 4 is 16.9 Å². The van der Waals surface area contributed by atoms with Crippen LogP contribution in [0.1, 0.15) is 6.92 Å². The molecule has 0 spiro atoms. The zero-order valence-electron chi connectivity index (χ0n) is 5.56. The van der Waals surface area contributed by atoms with Crippen LogP contribution < -0.4 is 5.32 Å². The summed E-state index contributed by atoms with van der Waals surface area (Å²) in [6, 6.07) is -0.0706. The van der Waals surface area contributed by atoms with Crippen molar-refractivity contribution in [3.8, 4) is 11.8 Å². The summed E-state index contributed by atoms with van der Waals surface area (Å²) in [4.78, 5) is 3.98. The minimum atomic E-state index is -0.0706. The maximum Gasteiger partial charge on any atom is 0.196 e. The van der Waals surface area contributed by atoms with Crippen molar-refractivity contribution in [2.75, 3.05) is 0 Å². The number of hydrogen-bond acceptors (Lipinski definition) is 2. The molecule has 1 rings (SSSR count). The van der Waals surface area contributed by atoms with E-state index in [9.17, 15) is 0 Å². The van der Waals surface area contributed by atoms with Gasteiger partial charge in [0.25, 0.3) is 0 Å². The van der Waals surface area contributed by atoms with Gasteiger partial charge in [0.15, 0.2) is 5.29 Å². The minimum Gasteiger partial charge on any atom is -0.337 e. The predicted molar refractivity (Wildman–Crippen MR) is 42.8 cm³/mol. The highest BCUT2D eigenvalue weighted by Gasteiger charge is 2.02. The van der Waals surface area contributed by atoms with Crippen LogP contribution in [0, 0.1) is 11.8 Å². The van der Waals surface area contributed by atoms with Crippen LogP contribution >= 0.6 is 11.6 Å². The Hall–Kier alpha value is -0.940. The molecule has 0 fully saturated rings. The Morgan fingerprint density at radius 1 is 1.80 bits per heavy atom. The van der Waals surface area contributed by atoms with Gasteiger partial charge in [0.1, 0.15) is 6.04 Å². The molecule has 0 aliphatic carbocycles. The second-order valence-electron chi connectivity index (χ2n) is 1.76. The Labute approximate surface area is 65.0 Å². The number of nitrogens with one attached hydrogen (secondary N) is 1.